The van der Waals surface area contributed by atoms with Gasteiger partial charge in [-0.1, -0.05) is 54.1 Å². The molecule has 0 bridgehead atoms. The summed E-state index contributed by atoms with van der Waals surface area (Å²) in [6.45, 7) is 1.06. The van der Waals surface area contributed by atoms with Gasteiger partial charge in [-0.3, -0.25) is 5.43 Å². The molecule has 0 aliphatic heterocycles. The molecule has 154 valence electrons. The van der Waals surface area contributed by atoms with Gasteiger partial charge in [-0.25, -0.2) is 0 Å². The lowest BCUT2D eigenvalue weighted by atomic mass is 10.2. The number of hydrazone groups is 1. The van der Waals surface area contributed by atoms with E-state index in [4.69, 9.17) is 33.3 Å². The van der Waals surface area contributed by atoms with Gasteiger partial charge in [-0.2, -0.15) is 5.10 Å². The van der Waals surface area contributed by atoms with E-state index in [-0.39, 0.29) is 0 Å². The molecule has 0 amide bonds. The SMILES string of the molecule is COc1cc(/C=N/NC(=S)NCc2ccccc2)ccc1OCc1ccc(Cl)cc1. The quantitative estimate of drug-likeness (QED) is 0.296. The molecule has 5 nitrogen and oxygen atoms in total. The van der Waals surface area contributed by atoms with Gasteiger partial charge >= 0.3 is 0 Å². The van der Waals surface area contributed by atoms with E-state index in [1.54, 1.807) is 13.3 Å². The number of hydrogen-bond donors (Lipinski definition) is 2. The lowest BCUT2D eigenvalue weighted by Crippen LogP contribution is -2.31. The van der Waals surface area contributed by atoms with Gasteiger partial charge in [0.05, 0.1) is 13.3 Å². The van der Waals surface area contributed by atoms with Crippen LogP contribution in [0, 0.1) is 0 Å². The van der Waals surface area contributed by atoms with Crippen LogP contribution in [0.25, 0.3) is 0 Å². The maximum atomic E-state index is 5.91. The number of thiocarbonyl (C=S) groups is 1. The van der Waals surface area contributed by atoms with Crippen LogP contribution in [0.3, 0.4) is 0 Å². The molecule has 0 unspecified atom stereocenters. The number of hydrogen-bond acceptors (Lipinski definition) is 4. The van der Waals surface area contributed by atoms with Crippen LogP contribution in [0.1, 0.15) is 16.7 Å². The first kappa shape index (κ1) is 21.6. The standard InChI is InChI=1S/C23H22ClN3O2S/c1-28-22-13-19(9-12-21(22)29-16-18-7-10-20(24)11-8-18)15-26-27-23(30)25-14-17-5-3-2-4-6-17/h2-13,15H,14,16H2,1H3,(H2,25,27,30)/b26-15+. The second kappa shape index (κ2) is 11.2. The normalized spacial score (nSPS) is 10.6. The van der Waals surface area contributed by atoms with Crippen molar-refractivity contribution in [2.75, 3.05) is 7.11 Å². The number of nitrogens with one attached hydrogen (secondary N) is 2. The summed E-state index contributed by atoms with van der Waals surface area (Å²) in [5, 5.41) is 8.43. The third kappa shape index (κ3) is 6.76. The lowest BCUT2D eigenvalue weighted by Gasteiger charge is -2.11. The van der Waals surface area contributed by atoms with Gasteiger partial charge in [0.25, 0.3) is 0 Å². The van der Waals surface area contributed by atoms with Gasteiger partial charge in [0.1, 0.15) is 6.61 Å². The topological polar surface area (TPSA) is 54.9 Å². The highest BCUT2D eigenvalue weighted by molar-refractivity contribution is 7.80. The Bertz CT molecular complexity index is 995. The fourth-order valence-electron chi connectivity index (χ4n) is 2.61. The average molecular weight is 440 g/mol. The predicted molar refractivity (Wildman–Crippen MR) is 125 cm³/mol. The summed E-state index contributed by atoms with van der Waals surface area (Å²) in [4.78, 5) is 0. The second-order valence-electron chi connectivity index (χ2n) is 6.36. The Balaban J connectivity index is 1.52. The molecular formula is C23H22ClN3O2S. The summed E-state index contributed by atoms with van der Waals surface area (Å²) < 4.78 is 11.3. The number of benzene rings is 3. The Kier molecular flexibility index (Phi) is 8.06. The maximum Gasteiger partial charge on any atom is 0.187 e. The number of halogens is 1. The van der Waals surface area contributed by atoms with Crippen molar-refractivity contribution >= 4 is 35.1 Å². The zero-order valence-electron chi connectivity index (χ0n) is 16.5. The molecule has 0 fully saturated rings. The molecular weight excluding hydrogens is 418 g/mol. The Morgan fingerprint density at radius 1 is 1.00 bits per heavy atom. The molecule has 3 aromatic carbocycles. The van der Waals surface area contributed by atoms with Crippen molar-refractivity contribution in [3.05, 3.63) is 94.5 Å². The molecule has 0 radical (unpaired) electrons. The van der Waals surface area contributed by atoms with Crippen molar-refractivity contribution in [1.29, 1.82) is 0 Å². The van der Waals surface area contributed by atoms with E-state index in [0.717, 1.165) is 16.7 Å². The van der Waals surface area contributed by atoms with Crippen LogP contribution in [0.4, 0.5) is 0 Å². The Morgan fingerprint density at radius 2 is 1.77 bits per heavy atom. The molecule has 3 aromatic rings. The molecule has 7 heteroatoms. The highest BCUT2D eigenvalue weighted by atomic mass is 35.5. The molecule has 30 heavy (non-hydrogen) atoms. The number of ether oxygens (including phenoxy) is 2. The molecule has 0 spiro atoms. The van der Waals surface area contributed by atoms with Crippen LogP contribution in [-0.2, 0) is 13.2 Å². The smallest absolute Gasteiger partial charge is 0.187 e. The van der Waals surface area contributed by atoms with E-state index in [0.29, 0.717) is 34.8 Å². The van der Waals surface area contributed by atoms with Crippen molar-refractivity contribution in [1.82, 2.24) is 10.7 Å². The Labute approximate surface area is 186 Å². The van der Waals surface area contributed by atoms with Crippen LogP contribution in [0.5, 0.6) is 11.5 Å². The number of rotatable bonds is 8. The third-order valence-corrected chi connectivity index (χ3v) is 4.66. The molecule has 0 aliphatic rings. The summed E-state index contributed by atoms with van der Waals surface area (Å²) in [6.07, 6.45) is 1.67. The first-order chi connectivity index (χ1) is 14.6. The highest BCUT2D eigenvalue weighted by Crippen LogP contribution is 2.28. The van der Waals surface area contributed by atoms with Crippen LogP contribution < -0.4 is 20.2 Å². The summed E-state index contributed by atoms with van der Waals surface area (Å²) in [5.41, 5.74) is 5.83. The summed E-state index contributed by atoms with van der Waals surface area (Å²) in [6, 6.07) is 23.1. The molecule has 0 atom stereocenters. The van der Waals surface area contributed by atoms with E-state index in [1.807, 2.05) is 72.8 Å². The summed E-state index contributed by atoms with van der Waals surface area (Å²) in [5.74, 6) is 1.27. The number of nitrogens with zero attached hydrogens (tertiary/aromatic N) is 1. The van der Waals surface area contributed by atoms with E-state index >= 15 is 0 Å². The zero-order valence-corrected chi connectivity index (χ0v) is 18.0. The minimum atomic E-state index is 0.421. The largest absolute Gasteiger partial charge is 0.493 e. The van der Waals surface area contributed by atoms with E-state index in [2.05, 4.69) is 15.8 Å². The first-order valence-electron chi connectivity index (χ1n) is 9.30. The molecule has 0 saturated heterocycles. The van der Waals surface area contributed by atoms with Gasteiger partial charge in [-0.05, 0) is 59.2 Å². The minimum absolute atomic E-state index is 0.421. The molecule has 2 N–H and O–H groups in total. The van der Waals surface area contributed by atoms with Gasteiger partial charge in [-0.15, -0.1) is 0 Å². The van der Waals surface area contributed by atoms with Gasteiger partial charge in [0.15, 0.2) is 16.6 Å². The minimum Gasteiger partial charge on any atom is -0.493 e. The molecule has 3 rings (SSSR count). The lowest BCUT2D eigenvalue weighted by molar-refractivity contribution is 0.284. The van der Waals surface area contributed by atoms with Crippen LogP contribution in [0.2, 0.25) is 5.02 Å². The van der Waals surface area contributed by atoms with Crippen LogP contribution in [-0.4, -0.2) is 18.4 Å². The van der Waals surface area contributed by atoms with Gasteiger partial charge in [0.2, 0.25) is 0 Å². The predicted octanol–water partition coefficient (Wildman–Crippen LogP) is 4.93. The fourth-order valence-corrected chi connectivity index (χ4v) is 2.86. The highest BCUT2D eigenvalue weighted by Gasteiger charge is 2.06. The van der Waals surface area contributed by atoms with Crippen molar-refractivity contribution in [3.63, 3.8) is 0 Å². The maximum absolute atomic E-state index is 5.91. The van der Waals surface area contributed by atoms with Crippen molar-refractivity contribution in [2.45, 2.75) is 13.2 Å². The van der Waals surface area contributed by atoms with Crippen LogP contribution >= 0.6 is 23.8 Å². The monoisotopic (exact) mass is 439 g/mol. The molecule has 0 saturated carbocycles. The third-order valence-electron chi connectivity index (χ3n) is 4.17. The Hall–Kier alpha value is -3.09. The average Bonchev–Trinajstić information content (AvgIpc) is 2.78. The molecule has 0 aliphatic carbocycles. The van der Waals surface area contributed by atoms with Crippen molar-refractivity contribution in [2.24, 2.45) is 5.10 Å². The fraction of sp³-hybridized carbons (Fsp3) is 0.130. The summed E-state index contributed by atoms with van der Waals surface area (Å²) in [7, 11) is 1.60. The molecule has 0 heterocycles. The zero-order chi connectivity index (χ0) is 21.2. The molecule has 0 aromatic heterocycles. The number of methoxy groups -OCH3 is 1. The van der Waals surface area contributed by atoms with Crippen molar-refractivity contribution in [3.8, 4) is 11.5 Å². The summed E-state index contributed by atoms with van der Waals surface area (Å²) >= 11 is 11.1. The Morgan fingerprint density at radius 3 is 2.50 bits per heavy atom. The van der Waals surface area contributed by atoms with Gasteiger partial charge < -0.3 is 14.8 Å². The van der Waals surface area contributed by atoms with E-state index in [1.165, 1.54) is 0 Å². The van der Waals surface area contributed by atoms with Gasteiger partial charge in [0, 0.05) is 11.6 Å². The van der Waals surface area contributed by atoms with Crippen molar-refractivity contribution < 1.29 is 9.47 Å². The first-order valence-corrected chi connectivity index (χ1v) is 10.1. The van der Waals surface area contributed by atoms with E-state index in [9.17, 15) is 0 Å². The second-order valence-corrected chi connectivity index (χ2v) is 7.21. The van der Waals surface area contributed by atoms with Crippen LogP contribution in [0.15, 0.2) is 77.9 Å². The van der Waals surface area contributed by atoms with E-state index < -0.39 is 0 Å².